The summed E-state index contributed by atoms with van der Waals surface area (Å²) in [7, 11) is 0. The van der Waals surface area contributed by atoms with Gasteiger partial charge in [-0.2, -0.15) is 0 Å². The summed E-state index contributed by atoms with van der Waals surface area (Å²) in [5, 5.41) is 23.1. The molecule has 4 aliphatic heterocycles. The third-order valence-electron chi connectivity index (χ3n) is 11.7. The van der Waals surface area contributed by atoms with Gasteiger partial charge >= 0.3 is 5.97 Å². The minimum absolute atomic E-state index is 0.0350. The third-order valence-corrected chi connectivity index (χ3v) is 11.7. The van der Waals surface area contributed by atoms with Crippen molar-refractivity contribution in [3.05, 3.63) is 149 Å². The highest BCUT2D eigenvalue weighted by atomic mass is 16.6. The molecular formula is C45H40N6O6. The normalized spacial score (nSPS) is 25.2. The molecule has 0 bridgehead atoms. The number of rotatable bonds is 6. The average Bonchev–Trinajstić information content (AvgIpc) is 3.73. The molecule has 0 radical (unpaired) electrons. The van der Waals surface area contributed by atoms with Crippen LogP contribution < -0.4 is 10.2 Å². The Labute approximate surface area is 329 Å². The summed E-state index contributed by atoms with van der Waals surface area (Å²) in [5.41, 5.74) is 2.24. The lowest BCUT2D eigenvalue weighted by Gasteiger charge is -2.46. The van der Waals surface area contributed by atoms with Gasteiger partial charge in [-0.05, 0) is 58.7 Å². The van der Waals surface area contributed by atoms with Crippen LogP contribution in [-0.4, -0.2) is 86.6 Å². The molecule has 57 heavy (non-hydrogen) atoms. The Bertz CT molecular complexity index is 2360. The first-order valence-corrected chi connectivity index (χ1v) is 19.1. The van der Waals surface area contributed by atoms with Gasteiger partial charge in [-0.3, -0.25) is 19.3 Å². The number of benzene rings is 4. The maximum absolute atomic E-state index is 15.6. The predicted molar refractivity (Wildman–Crippen MR) is 211 cm³/mol. The molecule has 0 unspecified atom stereocenters. The Morgan fingerprint density at radius 2 is 1.51 bits per heavy atom. The Kier molecular flexibility index (Phi) is 9.40. The van der Waals surface area contributed by atoms with Crippen LogP contribution in [0, 0.1) is 17.8 Å². The number of fused-ring (bicyclic) bond motifs is 3. The number of piperazine rings is 1. The van der Waals surface area contributed by atoms with Crippen LogP contribution in [0.2, 0.25) is 0 Å². The maximum atomic E-state index is 15.6. The van der Waals surface area contributed by atoms with E-state index in [4.69, 9.17) is 4.74 Å². The largest absolute Gasteiger partial charge is 0.508 e. The number of phenolic OH excluding ortho intramolecular Hbond substituents is 1. The van der Waals surface area contributed by atoms with Gasteiger partial charge in [0.05, 0.1) is 24.6 Å². The molecular weight excluding hydrogens is 721 g/mol. The van der Waals surface area contributed by atoms with Crippen LogP contribution in [-0.2, 0) is 24.5 Å². The van der Waals surface area contributed by atoms with E-state index in [1.807, 2.05) is 76.5 Å². The van der Waals surface area contributed by atoms with Crippen molar-refractivity contribution in [2.75, 3.05) is 43.0 Å². The Balaban J connectivity index is 1.27. The molecule has 5 heterocycles. The van der Waals surface area contributed by atoms with E-state index >= 15 is 14.4 Å². The Morgan fingerprint density at radius 1 is 0.825 bits per heavy atom. The monoisotopic (exact) mass is 760 g/mol. The second-order valence-electron chi connectivity index (χ2n) is 14.7. The average molecular weight is 761 g/mol. The summed E-state index contributed by atoms with van der Waals surface area (Å²) in [4.78, 5) is 60.6. The zero-order valence-electron chi connectivity index (χ0n) is 30.9. The number of carbonyl (C=O) groups excluding carboxylic acids is 3. The van der Waals surface area contributed by atoms with E-state index in [-0.39, 0.29) is 24.7 Å². The Hall–Kier alpha value is -6.55. The molecule has 2 amide bonds. The predicted octanol–water partition coefficient (Wildman–Crippen LogP) is 4.54. The lowest BCUT2D eigenvalue weighted by Crippen LogP contribution is -2.58. The summed E-state index contributed by atoms with van der Waals surface area (Å²) in [6, 6.07) is 30.4. The number of amides is 2. The lowest BCUT2D eigenvalue weighted by molar-refractivity contribution is -0.179. The number of aromatic hydroxyl groups is 1. The van der Waals surface area contributed by atoms with Crippen molar-refractivity contribution in [3.8, 4) is 17.6 Å². The number of cyclic esters (lactones) is 1. The first-order chi connectivity index (χ1) is 27.9. The molecule has 12 heteroatoms. The SMILES string of the molecule is O=C1O[C@H](c2ccccc2)[C@H](c2ccccc2)N2[C@H]1[C@@H](C(=O)N1CCN(c3ncccn3)CC1)[C@]1(C(=O)Nc3ccc(C#CCCO)cc31)[C@H]2c1ccc(O)cc1. The number of aromatic nitrogens is 2. The fraction of sp³-hybridized carbons (Fsp3) is 0.267. The molecule has 12 nitrogen and oxygen atoms in total. The molecule has 6 atom stereocenters. The Morgan fingerprint density at radius 3 is 2.19 bits per heavy atom. The zero-order valence-corrected chi connectivity index (χ0v) is 30.9. The van der Waals surface area contributed by atoms with E-state index in [2.05, 4.69) is 27.1 Å². The van der Waals surface area contributed by atoms with Crippen LogP contribution >= 0.6 is 0 Å². The molecule has 9 rings (SSSR count). The van der Waals surface area contributed by atoms with Crippen LogP contribution in [0.3, 0.4) is 0 Å². The van der Waals surface area contributed by atoms with Crippen LogP contribution in [0.4, 0.5) is 11.6 Å². The smallest absolute Gasteiger partial charge is 0.324 e. The third kappa shape index (κ3) is 6.07. The van der Waals surface area contributed by atoms with E-state index < -0.39 is 47.4 Å². The molecule has 286 valence electrons. The second kappa shape index (κ2) is 14.8. The number of nitrogens with one attached hydrogen (secondary N) is 1. The van der Waals surface area contributed by atoms with Crippen LogP contribution in [0.1, 0.15) is 52.4 Å². The number of aliphatic hydroxyl groups is 1. The number of nitrogens with zero attached hydrogens (tertiary/aromatic N) is 5. The summed E-state index contributed by atoms with van der Waals surface area (Å²) in [6.07, 6.45) is 2.83. The van der Waals surface area contributed by atoms with Crippen molar-refractivity contribution < 1.29 is 29.3 Å². The van der Waals surface area contributed by atoms with E-state index in [0.29, 0.717) is 54.5 Å². The molecule has 3 fully saturated rings. The topological polar surface area (TPSA) is 148 Å². The number of aliphatic hydroxyl groups excluding tert-OH is 1. The fourth-order valence-corrected chi connectivity index (χ4v) is 9.31. The van der Waals surface area contributed by atoms with Gasteiger partial charge in [-0.25, -0.2) is 9.97 Å². The van der Waals surface area contributed by atoms with E-state index in [1.54, 1.807) is 59.8 Å². The number of carbonyl (C=O) groups is 3. The number of anilines is 2. The van der Waals surface area contributed by atoms with E-state index in [9.17, 15) is 10.2 Å². The molecule has 3 saturated heterocycles. The number of ether oxygens (including phenoxy) is 1. The highest BCUT2D eigenvalue weighted by molar-refractivity contribution is 6.12. The van der Waals surface area contributed by atoms with Crippen molar-refractivity contribution in [2.45, 2.75) is 36.1 Å². The number of morpholine rings is 1. The second-order valence-corrected chi connectivity index (χ2v) is 14.7. The molecule has 1 aromatic heterocycles. The highest BCUT2D eigenvalue weighted by Gasteiger charge is 2.74. The van der Waals surface area contributed by atoms with Crippen LogP contribution in [0.15, 0.2) is 122 Å². The van der Waals surface area contributed by atoms with Gasteiger partial charge in [0.1, 0.15) is 23.3 Å². The maximum Gasteiger partial charge on any atom is 0.324 e. The van der Waals surface area contributed by atoms with Crippen LogP contribution in [0.5, 0.6) is 5.75 Å². The lowest BCUT2D eigenvalue weighted by atomic mass is 9.65. The molecule has 0 aliphatic carbocycles. The summed E-state index contributed by atoms with van der Waals surface area (Å²) in [5.74, 6) is 4.09. The number of hydrogen-bond donors (Lipinski definition) is 3. The van der Waals surface area contributed by atoms with Gasteiger partial charge in [-0.1, -0.05) is 84.6 Å². The zero-order chi connectivity index (χ0) is 39.1. The molecule has 4 aliphatic rings. The molecule has 0 saturated carbocycles. The van der Waals surface area contributed by atoms with Crippen molar-refractivity contribution >= 4 is 29.4 Å². The molecule has 1 spiro atoms. The van der Waals surface area contributed by atoms with Gasteiger partial charge in [0.15, 0.2) is 0 Å². The van der Waals surface area contributed by atoms with Gasteiger partial charge in [0.2, 0.25) is 17.8 Å². The minimum Gasteiger partial charge on any atom is -0.508 e. The molecule has 4 aromatic carbocycles. The highest BCUT2D eigenvalue weighted by Crippen LogP contribution is 2.65. The standard InChI is InChI=1S/C45H40N6O6/c52-27-8-7-10-29-15-20-35-34(28-29)45(43(56)48-35)36(41(54)49-23-25-50(26-24-49)44-46-21-9-22-47-44)38-42(55)57-39(31-13-5-2-6-14-31)37(30-11-3-1-4-12-30)51(38)40(45)32-16-18-33(53)19-17-32/h1-6,9,11-22,28,36-40,52-53H,8,23-27H2,(H,48,56)/t36-,37-,38-,39+,40+,45-/m0/s1. The van der Waals surface area contributed by atoms with Crippen molar-refractivity contribution in [1.29, 1.82) is 0 Å². The number of hydrogen-bond acceptors (Lipinski definition) is 10. The summed E-state index contributed by atoms with van der Waals surface area (Å²) in [6.45, 7) is 1.42. The van der Waals surface area contributed by atoms with Crippen molar-refractivity contribution in [1.82, 2.24) is 19.8 Å². The van der Waals surface area contributed by atoms with Gasteiger partial charge in [-0.15, -0.1) is 0 Å². The van der Waals surface area contributed by atoms with Gasteiger partial charge in [0, 0.05) is 56.2 Å². The van der Waals surface area contributed by atoms with Crippen molar-refractivity contribution in [3.63, 3.8) is 0 Å². The fourth-order valence-electron chi connectivity index (χ4n) is 9.31. The van der Waals surface area contributed by atoms with Gasteiger partial charge in [0.25, 0.3) is 0 Å². The first-order valence-electron chi connectivity index (χ1n) is 19.1. The molecule has 5 aromatic rings. The van der Waals surface area contributed by atoms with Gasteiger partial charge < -0.3 is 30.1 Å². The van der Waals surface area contributed by atoms with Crippen LogP contribution in [0.25, 0.3) is 0 Å². The number of esters is 1. The summed E-state index contributed by atoms with van der Waals surface area (Å²) >= 11 is 0. The first kappa shape index (κ1) is 36.1. The summed E-state index contributed by atoms with van der Waals surface area (Å²) < 4.78 is 6.52. The van der Waals surface area contributed by atoms with Crippen molar-refractivity contribution in [2.24, 2.45) is 5.92 Å². The van der Waals surface area contributed by atoms with E-state index in [1.165, 1.54) is 0 Å². The molecule has 3 N–H and O–H groups in total. The van der Waals surface area contributed by atoms with E-state index in [0.717, 1.165) is 11.1 Å². The minimum atomic E-state index is -1.67. The number of phenols is 1. The quantitative estimate of drug-likeness (QED) is 0.167.